The summed E-state index contributed by atoms with van der Waals surface area (Å²) in [7, 11) is -4.21. The lowest BCUT2D eigenvalue weighted by Crippen LogP contribution is -2.11. The molecule has 3 rings (SSSR count). The van der Waals surface area contributed by atoms with Crippen molar-refractivity contribution in [1.82, 2.24) is 0 Å². The van der Waals surface area contributed by atoms with Gasteiger partial charge in [-0.3, -0.25) is 0 Å². The summed E-state index contributed by atoms with van der Waals surface area (Å²) in [5.41, 5.74) is 2.29. The second kappa shape index (κ2) is 5.31. The Kier molecular flexibility index (Phi) is 3.63. The lowest BCUT2D eigenvalue weighted by atomic mass is 10.1. The highest BCUT2D eigenvalue weighted by molar-refractivity contribution is 7.87. The number of halogens is 2. The molecule has 0 spiro atoms. The maximum atomic E-state index is 13.7. The molecule has 0 saturated carbocycles. The van der Waals surface area contributed by atoms with Crippen LogP contribution in [0.15, 0.2) is 41.3 Å². The fraction of sp³-hybridized carbons (Fsp3) is 0.200. The van der Waals surface area contributed by atoms with Gasteiger partial charge in [0.1, 0.15) is 16.5 Å². The first-order valence-corrected chi connectivity index (χ1v) is 8.26. The Hall–Kier alpha value is -1.59. The van der Waals surface area contributed by atoms with Gasteiger partial charge in [-0.05, 0) is 60.7 Å². The molecule has 21 heavy (non-hydrogen) atoms. The predicted molar refractivity (Wildman–Crippen MR) is 77.7 cm³/mol. The summed E-state index contributed by atoms with van der Waals surface area (Å²) in [4.78, 5) is -0.521. The molecule has 1 aliphatic carbocycles. The third-order valence-corrected chi connectivity index (χ3v) is 4.96. The van der Waals surface area contributed by atoms with Crippen molar-refractivity contribution in [2.24, 2.45) is 0 Å². The molecule has 0 unspecified atom stereocenters. The van der Waals surface area contributed by atoms with E-state index >= 15 is 0 Å². The fourth-order valence-corrected chi connectivity index (χ4v) is 3.59. The fourth-order valence-electron chi connectivity index (χ4n) is 2.45. The van der Waals surface area contributed by atoms with Gasteiger partial charge in [-0.1, -0.05) is 17.7 Å². The Morgan fingerprint density at radius 2 is 1.81 bits per heavy atom. The molecule has 0 fully saturated rings. The highest BCUT2D eigenvalue weighted by Crippen LogP contribution is 2.28. The lowest BCUT2D eigenvalue weighted by Gasteiger charge is -2.09. The van der Waals surface area contributed by atoms with Gasteiger partial charge in [0, 0.05) is 5.02 Å². The van der Waals surface area contributed by atoms with Crippen LogP contribution in [0, 0.1) is 5.82 Å². The third kappa shape index (κ3) is 2.89. The largest absolute Gasteiger partial charge is 0.379 e. The van der Waals surface area contributed by atoms with Crippen LogP contribution in [-0.2, 0) is 23.0 Å². The molecule has 0 bridgehead atoms. The van der Waals surface area contributed by atoms with Crippen molar-refractivity contribution in [3.8, 4) is 5.75 Å². The first-order valence-electron chi connectivity index (χ1n) is 6.47. The Morgan fingerprint density at radius 1 is 1.05 bits per heavy atom. The van der Waals surface area contributed by atoms with E-state index in [0.717, 1.165) is 37.0 Å². The molecule has 2 aromatic rings. The average molecular weight is 327 g/mol. The van der Waals surface area contributed by atoms with E-state index in [4.69, 9.17) is 15.8 Å². The van der Waals surface area contributed by atoms with E-state index in [1.165, 1.54) is 11.6 Å². The molecule has 110 valence electrons. The molecule has 0 radical (unpaired) electrons. The molecule has 0 aromatic heterocycles. The van der Waals surface area contributed by atoms with Crippen LogP contribution >= 0.6 is 11.6 Å². The molecule has 0 aliphatic heterocycles. The van der Waals surface area contributed by atoms with Gasteiger partial charge in [0.25, 0.3) is 0 Å². The second-order valence-corrected chi connectivity index (χ2v) is 6.85. The van der Waals surface area contributed by atoms with Gasteiger partial charge in [0.15, 0.2) is 0 Å². The van der Waals surface area contributed by atoms with Gasteiger partial charge in [0.05, 0.1) is 0 Å². The standard InChI is InChI=1S/C15H12ClFO3S/c16-12-5-7-15(14(17)9-12)21(18,19)20-13-6-4-10-2-1-3-11(10)8-13/h4-9H,1-3H2. The van der Waals surface area contributed by atoms with E-state index in [9.17, 15) is 12.8 Å². The van der Waals surface area contributed by atoms with E-state index in [-0.39, 0.29) is 10.8 Å². The van der Waals surface area contributed by atoms with Crippen molar-refractivity contribution in [2.45, 2.75) is 24.2 Å². The summed E-state index contributed by atoms with van der Waals surface area (Å²) in [6, 6.07) is 8.50. The van der Waals surface area contributed by atoms with Gasteiger partial charge in [-0.2, -0.15) is 8.42 Å². The zero-order valence-electron chi connectivity index (χ0n) is 11.0. The first kappa shape index (κ1) is 14.4. The summed E-state index contributed by atoms with van der Waals surface area (Å²) in [6.45, 7) is 0. The zero-order valence-corrected chi connectivity index (χ0v) is 12.5. The van der Waals surface area contributed by atoms with Crippen LogP contribution in [-0.4, -0.2) is 8.42 Å². The summed E-state index contributed by atoms with van der Waals surface area (Å²) in [6.07, 6.45) is 2.95. The molecule has 0 N–H and O–H groups in total. The minimum Gasteiger partial charge on any atom is -0.379 e. The van der Waals surface area contributed by atoms with Crippen LogP contribution in [0.25, 0.3) is 0 Å². The highest BCUT2D eigenvalue weighted by atomic mass is 35.5. The molecule has 1 aliphatic rings. The number of hydrogen-bond acceptors (Lipinski definition) is 3. The second-order valence-electron chi connectivity index (χ2n) is 4.90. The third-order valence-electron chi connectivity index (χ3n) is 3.44. The van der Waals surface area contributed by atoms with Crippen LogP contribution in [0.2, 0.25) is 5.02 Å². The van der Waals surface area contributed by atoms with Gasteiger partial charge >= 0.3 is 10.1 Å². The molecule has 0 saturated heterocycles. The zero-order chi connectivity index (χ0) is 15.0. The van der Waals surface area contributed by atoms with E-state index < -0.39 is 20.8 Å². The Balaban J connectivity index is 1.92. The number of benzene rings is 2. The molecular formula is C15H12ClFO3S. The predicted octanol–water partition coefficient (Wildman–Crippen LogP) is 3.74. The van der Waals surface area contributed by atoms with Crippen molar-refractivity contribution < 1.29 is 17.0 Å². The smallest absolute Gasteiger partial charge is 0.342 e. The maximum Gasteiger partial charge on any atom is 0.342 e. The Labute approximate surface area is 127 Å². The van der Waals surface area contributed by atoms with Crippen LogP contribution < -0.4 is 4.18 Å². The SMILES string of the molecule is O=S(=O)(Oc1ccc2c(c1)CCC2)c1ccc(Cl)cc1F. The van der Waals surface area contributed by atoms with Crippen molar-refractivity contribution in [2.75, 3.05) is 0 Å². The van der Waals surface area contributed by atoms with Gasteiger partial charge in [-0.15, -0.1) is 0 Å². The van der Waals surface area contributed by atoms with Crippen LogP contribution in [0.3, 0.4) is 0 Å². The minimum atomic E-state index is -4.21. The molecule has 0 heterocycles. The Bertz CT molecular complexity index is 803. The van der Waals surface area contributed by atoms with E-state index in [2.05, 4.69) is 0 Å². The molecule has 2 aromatic carbocycles. The molecule has 0 atom stereocenters. The molecular weight excluding hydrogens is 315 g/mol. The first-order chi connectivity index (χ1) is 9.95. The number of hydrogen-bond donors (Lipinski definition) is 0. The number of aryl methyl sites for hydroxylation is 2. The normalized spacial score (nSPS) is 14.0. The maximum absolute atomic E-state index is 13.7. The van der Waals surface area contributed by atoms with E-state index in [1.807, 2.05) is 6.07 Å². The Morgan fingerprint density at radius 3 is 2.57 bits per heavy atom. The average Bonchev–Trinajstić information content (AvgIpc) is 2.85. The van der Waals surface area contributed by atoms with Crippen LogP contribution in [0.1, 0.15) is 17.5 Å². The number of fused-ring (bicyclic) bond motifs is 1. The van der Waals surface area contributed by atoms with E-state index in [0.29, 0.717) is 0 Å². The monoisotopic (exact) mass is 326 g/mol. The summed E-state index contributed by atoms with van der Waals surface area (Å²) in [5, 5.41) is 0.129. The topological polar surface area (TPSA) is 43.4 Å². The van der Waals surface area contributed by atoms with Crippen LogP contribution in [0.5, 0.6) is 5.75 Å². The molecule has 6 heteroatoms. The van der Waals surface area contributed by atoms with Crippen LogP contribution in [0.4, 0.5) is 4.39 Å². The van der Waals surface area contributed by atoms with Gasteiger partial charge < -0.3 is 4.18 Å². The van der Waals surface area contributed by atoms with Crippen molar-refractivity contribution in [3.63, 3.8) is 0 Å². The van der Waals surface area contributed by atoms with Gasteiger partial charge in [0.2, 0.25) is 0 Å². The minimum absolute atomic E-state index is 0.129. The lowest BCUT2D eigenvalue weighted by molar-refractivity contribution is 0.476. The summed E-state index contributed by atoms with van der Waals surface area (Å²) >= 11 is 5.62. The summed E-state index contributed by atoms with van der Waals surface area (Å²) < 4.78 is 43.0. The van der Waals surface area contributed by atoms with Crippen molar-refractivity contribution in [1.29, 1.82) is 0 Å². The van der Waals surface area contributed by atoms with Crippen molar-refractivity contribution in [3.05, 3.63) is 58.4 Å². The van der Waals surface area contributed by atoms with Gasteiger partial charge in [-0.25, -0.2) is 4.39 Å². The van der Waals surface area contributed by atoms with Crippen molar-refractivity contribution >= 4 is 21.7 Å². The summed E-state index contributed by atoms with van der Waals surface area (Å²) in [5.74, 6) is -0.728. The quantitative estimate of drug-likeness (QED) is 0.807. The highest BCUT2D eigenvalue weighted by Gasteiger charge is 2.22. The van der Waals surface area contributed by atoms with E-state index in [1.54, 1.807) is 12.1 Å². The molecule has 0 amide bonds. The number of rotatable bonds is 3. The molecule has 3 nitrogen and oxygen atoms in total.